The van der Waals surface area contributed by atoms with Crippen molar-refractivity contribution in [1.29, 1.82) is 0 Å². The number of hydrogen-bond donors (Lipinski definition) is 1. The number of benzene rings is 1. The number of hydrogen-bond acceptors (Lipinski definition) is 5. The fourth-order valence-electron chi connectivity index (χ4n) is 1.67. The van der Waals surface area contributed by atoms with Gasteiger partial charge in [-0.05, 0) is 33.6 Å². The van der Waals surface area contributed by atoms with Gasteiger partial charge in [0.2, 0.25) is 10.0 Å². The van der Waals surface area contributed by atoms with Crippen molar-refractivity contribution in [3.05, 3.63) is 44.8 Å². The van der Waals surface area contributed by atoms with Crippen LogP contribution in [0.15, 0.2) is 38.5 Å². The van der Waals surface area contributed by atoms with Gasteiger partial charge in [0, 0.05) is 23.4 Å². The average molecular weight is 376 g/mol. The van der Waals surface area contributed by atoms with Gasteiger partial charge in [0.1, 0.15) is 0 Å². The molecule has 1 heterocycles. The number of aromatic nitrogens is 1. The second-order valence-corrected chi connectivity index (χ2v) is 7.80. The molecule has 2 rings (SSSR count). The predicted molar refractivity (Wildman–Crippen MR) is 82.8 cm³/mol. The third-order valence-corrected chi connectivity index (χ3v) is 6.22. The molecule has 0 aliphatic heterocycles. The SMILES string of the molecule is CN(Cc1cscn1)S(=O)(=O)c1cc(CN)ccc1Br. The molecule has 0 atom stereocenters. The van der Waals surface area contributed by atoms with Gasteiger partial charge in [0.15, 0.2) is 0 Å². The van der Waals surface area contributed by atoms with Gasteiger partial charge in [-0.1, -0.05) is 6.07 Å². The normalized spacial score (nSPS) is 12.0. The quantitative estimate of drug-likeness (QED) is 0.868. The third kappa shape index (κ3) is 3.26. The number of rotatable bonds is 5. The van der Waals surface area contributed by atoms with Crippen LogP contribution in [0.2, 0.25) is 0 Å². The van der Waals surface area contributed by atoms with Crippen molar-refractivity contribution in [3.8, 4) is 0 Å². The van der Waals surface area contributed by atoms with Gasteiger partial charge in [-0.25, -0.2) is 13.4 Å². The molecule has 2 N–H and O–H groups in total. The molecule has 0 bridgehead atoms. The first-order valence-corrected chi connectivity index (χ1v) is 8.94. The van der Waals surface area contributed by atoms with E-state index in [2.05, 4.69) is 20.9 Å². The minimum absolute atomic E-state index is 0.221. The van der Waals surface area contributed by atoms with Crippen molar-refractivity contribution < 1.29 is 8.42 Å². The average Bonchev–Trinajstić information content (AvgIpc) is 2.92. The summed E-state index contributed by atoms with van der Waals surface area (Å²) >= 11 is 4.72. The fraction of sp³-hybridized carbons (Fsp3) is 0.250. The highest BCUT2D eigenvalue weighted by atomic mass is 79.9. The van der Waals surface area contributed by atoms with Crippen LogP contribution in [0.5, 0.6) is 0 Å². The Hall–Kier alpha value is -0.800. The maximum atomic E-state index is 12.6. The van der Waals surface area contributed by atoms with E-state index in [0.717, 1.165) is 11.3 Å². The van der Waals surface area contributed by atoms with E-state index in [1.807, 2.05) is 5.38 Å². The lowest BCUT2D eigenvalue weighted by atomic mass is 10.2. The Balaban J connectivity index is 2.34. The molecule has 1 aromatic carbocycles. The van der Waals surface area contributed by atoms with Crippen LogP contribution in [0.1, 0.15) is 11.3 Å². The molecule has 0 amide bonds. The summed E-state index contributed by atoms with van der Waals surface area (Å²) < 4.78 is 27.0. The van der Waals surface area contributed by atoms with Gasteiger partial charge in [-0.15, -0.1) is 11.3 Å². The first-order valence-electron chi connectivity index (χ1n) is 5.77. The van der Waals surface area contributed by atoms with E-state index in [0.29, 0.717) is 11.0 Å². The molecule has 0 saturated carbocycles. The summed E-state index contributed by atoms with van der Waals surface area (Å²) in [5.41, 5.74) is 8.75. The molecule has 108 valence electrons. The molecule has 20 heavy (non-hydrogen) atoms. The Morgan fingerprint density at radius 2 is 2.20 bits per heavy atom. The molecule has 0 aliphatic rings. The molecule has 1 aromatic heterocycles. The van der Waals surface area contributed by atoms with Gasteiger partial charge in [0.05, 0.1) is 22.6 Å². The Morgan fingerprint density at radius 3 is 2.80 bits per heavy atom. The largest absolute Gasteiger partial charge is 0.326 e. The van der Waals surface area contributed by atoms with Crippen molar-refractivity contribution in [3.63, 3.8) is 0 Å². The fourth-order valence-corrected chi connectivity index (χ4v) is 4.33. The van der Waals surface area contributed by atoms with Gasteiger partial charge >= 0.3 is 0 Å². The second-order valence-electron chi connectivity index (χ2n) is 4.21. The molecule has 5 nitrogen and oxygen atoms in total. The van der Waals surface area contributed by atoms with Crippen LogP contribution >= 0.6 is 27.3 Å². The lowest BCUT2D eigenvalue weighted by molar-refractivity contribution is 0.462. The van der Waals surface area contributed by atoms with Crippen molar-refractivity contribution in [2.24, 2.45) is 5.73 Å². The van der Waals surface area contributed by atoms with E-state index in [4.69, 9.17) is 5.73 Å². The van der Waals surface area contributed by atoms with E-state index < -0.39 is 10.0 Å². The summed E-state index contributed by atoms with van der Waals surface area (Å²) in [7, 11) is -2.04. The van der Waals surface area contributed by atoms with Gasteiger partial charge in [-0.3, -0.25) is 0 Å². The van der Waals surface area contributed by atoms with E-state index >= 15 is 0 Å². The maximum absolute atomic E-state index is 12.6. The number of sulfonamides is 1. The van der Waals surface area contributed by atoms with Crippen LogP contribution in [0.4, 0.5) is 0 Å². The van der Waals surface area contributed by atoms with Crippen LogP contribution < -0.4 is 5.73 Å². The van der Waals surface area contributed by atoms with Crippen LogP contribution in [0, 0.1) is 0 Å². The van der Waals surface area contributed by atoms with Crippen molar-refractivity contribution in [2.45, 2.75) is 18.0 Å². The number of halogens is 1. The zero-order chi connectivity index (χ0) is 14.8. The van der Waals surface area contributed by atoms with Gasteiger partial charge < -0.3 is 5.73 Å². The van der Waals surface area contributed by atoms with Crippen LogP contribution in [-0.2, 0) is 23.1 Å². The van der Waals surface area contributed by atoms with E-state index in [9.17, 15) is 8.42 Å². The van der Waals surface area contributed by atoms with Gasteiger partial charge in [0.25, 0.3) is 0 Å². The number of nitrogens with zero attached hydrogens (tertiary/aromatic N) is 2. The highest BCUT2D eigenvalue weighted by Crippen LogP contribution is 2.26. The summed E-state index contributed by atoms with van der Waals surface area (Å²) in [6, 6.07) is 5.09. The number of nitrogens with two attached hydrogens (primary N) is 1. The lowest BCUT2D eigenvalue weighted by Gasteiger charge is -2.17. The van der Waals surface area contributed by atoms with E-state index in [-0.39, 0.29) is 11.4 Å². The van der Waals surface area contributed by atoms with Crippen LogP contribution in [-0.4, -0.2) is 24.8 Å². The standard InChI is InChI=1S/C12H14BrN3O2S2/c1-16(6-10-7-19-8-15-10)20(17,18)12-4-9(5-14)2-3-11(12)13/h2-4,7-8H,5-6,14H2,1H3. The molecular formula is C12H14BrN3O2S2. The second kappa shape index (κ2) is 6.31. The highest BCUT2D eigenvalue weighted by molar-refractivity contribution is 9.10. The summed E-state index contributed by atoms with van der Waals surface area (Å²) in [4.78, 5) is 4.32. The molecule has 8 heteroatoms. The molecule has 0 fully saturated rings. The molecule has 0 spiro atoms. The third-order valence-electron chi connectivity index (χ3n) is 2.79. The van der Waals surface area contributed by atoms with Crippen LogP contribution in [0.3, 0.4) is 0 Å². The van der Waals surface area contributed by atoms with Crippen molar-refractivity contribution in [2.75, 3.05) is 7.05 Å². The first-order chi connectivity index (χ1) is 9.45. The predicted octanol–water partition coefficient (Wildman–Crippen LogP) is 2.19. The van der Waals surface area contributed by atoms with Crippen molar-refractivity contribution >= 4 is 37.3 Å². The zero-order valence-electron chi connectivity index (χ0n) is 10.8. The molecule has 0 unspecified atom stereocenters. The Labute approximate surface area is 130 Å². The smallest absolute Gasteiger partial charge is 0.244 e. The summed E-state index contributed by atoms with van der Waals surface area (Å²) in [5, 5.41) is 1.83. The zero-order valence-corrected chi connectivity index (χ0v) is 14.0. The molecule has 0 radical (unpaired) electrons. The molecular weight excluding hydrogens is 362 g/mol. The minimum Gasteiger partial charge on any atom is -0.326 e. The van der Waals surface area contributed by atoms with E-state index in [1.165, 1.54) is 22.7 Å². The Morgan fingerprint density at radius 1 is 1.45 bits per heavy atom. The highest BCUT2D eigenvalue weighted by Gasteiger charge is 2.24. The Kier molecular flexibility index (Phi) is 4.92. The maximum Gasteiger partial charge on any atom is 0.244 e. The minimum atomic E-state index is -3.58. The molecule has 0 aliphatic carbocycles. The summed E-state index contributed by atoms with van der Waals surface area (Å²) in [5.74, 6) is 0. The number of thiazole rings is 1. The molecule has 2 aromatic rings. The summed E-state index contributed by atoms with van der Waals surface area (Å²) in [6.45, 7) is 0.538. The Bertz CT molecular complexity index is 687. The topological polar surface area (TPSA) is 76.3 Å². The lowest BCUT2D eigenvalue weighted by Crippen LogP contribution is -2.27. The first kappa shape index (κ1) is 15.6. The van der Waals surface area contributed by atoms with Crippen LogP contribution in [0.25, 0.3) is 0 Å². The van der Waals surface area contributed by atoms with E-state index in [1.54, 1.807) is 23.7 Å². The molecule has 0 saturated heterocycles. The van der Waals surface area contributed by atoms with Gasteiger partial charge in [-0.2, -0.15) is 4.31 Å². The summed E-state index contributed by atoms with van der Waals surface area (Å²) in [6.07, 6.45) is 0. The monoisotopic (exact) mass is 375 g/mol. The van der Waals surface area contributed by atoms with Crippen molar-refractivity contribution in [1.82, 2.24) is 9.29 Å².